The monoisotopic (exact) mass is 317 g/mol. The van der Waals surface area contributed by atoms with Gasteiger partial charge in [0, 0.05) is 16.5 Å². The average Bonchev–Trinajstić information content (AvgIpc) is 2.84. The first-order valence-electron chi connectivity index (χ1n) is 6.73. The van der Waals surface area contributed by atoms with Crippen LogP contribution in [0.5, 0.6) is 0 Å². The van der Waals surface area contributed by atoms with Gasteiger partial charge >= 0.3 is 0 Å². The van der Waals surface area contributed by atoms with Crippen molar-refractivity contribution in [3.05, 3.63) is 52.5 Å². The van der Waals surface area contributed by atoms with E-state index in [1.807, 2.05) is 25.2 Å². The van der Waals surface area contributed by atoms with E-state index >= 15 is 0 Å². The van der Waals surface area contributed by atoms with Crippen LogP contribution in [0.15, 0.2) is 46.5 Å². The highest BCUT2D eigenvalue weighted by Gasteiger charge is 2.10. The number of benzene rings is 2. The maximum atomic E-state index is 6.29. The Kier molecular flexibility index (Phi) is 4.19. The van der Waals surface area contributed by atoms with Crippen molar-refractivity contribution in [1.82, 2.24) is 15.3 Å². The molecule has 0 saturated heterocycles. The van der Waals surface area contributed by atoms with Gasteiger partial charge in [-0.05, 0) is 49.4 Å². The average molecular weight is 318 g/mol. The van der Waals surface area contributed by atoms with Crippen LogP contribution in [-0.2, 0) is 6.54 Å². The zero-order valence-electron chi connectivity index (χ0n) is 11.9. The van der Waals surface area contributed by atoms with E-state index in [0.717, 1.165) is 38.2 Å². The van der Waals surface area contributed by atoms with Crippen LogP contribution in [0.4, 0.5) is 0 Å². The van der Waals surface area contributed by atoms with Gasteiger partial charge in [0.15, 0.2) is 5.16 Å². The summed E-state index contributed by atoms with van der Waals surface area (Å²) in [5.41, 5.74) is 4.37. The summed E-state index contributed by atoms with van der Waals surface area (Å²) < 4.78 is 0. The lowest BCUT2D eigenvalue weighted by Crippen LogP contribution is -2.06. The molecule has 3 nitrogen and oxygen atoms in total. The maximum absolute atomic E-state index is 6.29. The number of aromatic nitrogens is 2. The van der Waals surface area contributed by atoms with Gasteiger partial charge in [-0.25, -0.2) is 4.98 Å². The fraction of sp³-hybridized carbons (Fsp3) is 0.188. The standard InChI is InChI=1S/C16H16ClN3S/c1-10-6-7-13-14(8-10)20-16(19-13)21-15-5-3-4-12(17)11(15)9-18-2/h3-8,18H,9H2,1-2H3,(H,19,20). The SMILES string of the molecule is CNCc1c(Cl)cccc1Sc1nc2ccc(C)cc2[nH]1. The number of hydrogen-bond donors (Lipinski definition) is 2. The molecular formula is C16H16ClN3S. The molecule has 0 aliphatic rings. The summed E-state index contributed by atoms with van der Waals surface area (Å²) in [7, 11) is 1.92. The summed E-state index contributed by atoms with van der Waals surface area (Å²) in [5.74, 6) is 0. The molecule has 0 saturated carbocycles. The lowest BCUT2D eigenvalue weighted by atomic mass is 10.2. The predicted octanol–water partition coefficient (Wildman–Crippen LogP) is 4.40. The molecule has 1 aromatic heterocycles. The molecule has 0 spiro atoms. The van der Waals surface area contributed by atoms with Crippen molar-refractivity contribution in [2.45, 2.75) is 23.5 Å². The van der Waals surface area contributed by atoms with E-state index in [4.69, 9.17) is 11.6 Å². The van der Waals surface area contributed by atoms with Crippen molar-refractivity contribution in [3.8, 4) is 0 Å². The highest BCUT2D eigenvalue weighted by atomic mass is 35.5. The van der Waals surface area contributed by atoms with Crippen molar-refractivity contribution >= 4 is 34.4 Å². The molecule has 5 heteroatoms. The first kappa shape index (κ1) is 14.4. The molecule has 0 aliphatic carbocycles. The molecule has 1 heterocycles. The number of rotatable bonds is 4. The third-order valence-electron chi connectivity index (χ3n) is 3.25. The molecule has 0 atom stereocenters. The highest BCUT2D eigenvalue weighted by Crippen LogP contribution is 2.33. The van der Waals surface area contributed by atoms with E-state index in [0.29, 0.717) is 0 Å². The summed E-state index contributed by atoms with van der Waals surface area (Å²) in [5, 5.41) is 4.82. The number of nitrogens with one attached hydrogen (secondary N) is 2. The van der Waals surface area contributed by atoms with Crippen molar-refractivity contribution < 1.29 is 0 Å². The third-order valence-corrected chi connectivity index (χ3v) is 4.59. The molecule has 3 rings (SSSR count). The Morgan fingerprint density at radius 2 is 2.14 bits per heavy atom. The summed E-state index contributed by atoms with van der Waals surface area (Å²) in [6, 6.07) is 12.2. The Morgan fingerprint density at radius 3 is 2.95 bits per heavy atom. The Bertz CT molecular complexity index is 782. The second kappa shape index (κ2) is 6.10. The number of H-pyrrole nitrogens is 1. The number of imidazole rings is 1. The van der Waals surface area contributed by atoms with Gasteiger partial charge in [0.2, 0.25) is 0 Å². The molecular weight excluding hydrogens is 302 g/mol. The van der Waals surface area contributed by atoms with Crippen LogP contribution in [0, 0.1) is 6.92 Å². The zero-order valence-corrected chi connectivity index (χ0v) is 13.5. The Morgan fingerprint density at radius 1 is 1.29 bits per heavy atom. The van der Waals surface area contributed by atoms with Crippen LogP contribution in [-0.4, -0.2) is 17.0 Å². The third kappa shape index (κ3) is 3.07. The molecule has 108 valence electrons. The van der Waals surface area contributed by atoms with Crippen LogP contribution in [0.2, 0.25) is 5.02 Å². The van der Waals surface area contributed by atoms with Crippen LogP contribution in [0.1, 0.15) is 11.1 Å². The number of aromatic amines is 1. The minimum absolute atomic E-state index is 0.737. The molecule has 0 unspecified atom stereocenters. The molecule has 0 bridgehead atoms. The van der Waals surface area contributed by atoms with Gasteiger partial charge in [0.05, 0.1) is 11.0 Å². The van der Waals surface area contributed by atoms with E-state index in [9.17, 15) is 0 Å². The fourth-order valence-corrected chi connectivity index (χ4v) is 3.50. The second-order valence-electron chi connectivity index (χ2n) is 4.91. The lowest BCUT2D eigenvalue weighted by molar-refractivity contribution is 0.803. The number of aryl methyl sites for hydroxylation is 1. The predicted molar refractivity (Wildman–Crippen MR) is 89.2 cm³/mol. The quantitative estimate of drug-likeness (QED) is 0.749. The molecule has 0 amide bonds. The minimum atomic E-state index is 0.737. The van der Waals surface area contributed by atoms with E-state index in [2.05, 4.69) is 40.4 Å². The van der Waals surface area contributed by atoms with E-state index in [1.54, 1.807) is 11.8 Å². The Labute approximate surface area is 133 Å². The van der Waals surface area contributed by atoms with Gasteiger partial charge < -0.3 is 10.3 Å². The largest absolute Gasteiger partial charge is 0.333 e. The lowest BCUT2D eigenvalue weighted by Gasteiger charge is -2.09. The summed E-state index contributed by atoms with van der Waals surface area (Å²) in [6.45, 7) is 2.82. The summed E-state index contributed by atoms with van der Waals surface area (Å²) in [4.78, 5) is 9.10. The van der Waals surface area contributed by atoms with Crippen LogP contribution in [0.25, 0.3) is 11.0 Å². The first-order valence-corrected chi connectivity index (χ1v) is 7.93. The molecule has 2 aromatic carbocycles. The van der Waals surface area contributed by atoms with E-state index in [1.165, 1.54) is 5.56 Å². The van der Waals surface area contributed by atoms with E-state index < -0.39 is 0 Å². The second-order valence-corrected chi connectivity index (χ2v) is 6.35. The highest BCUT2D eigenvalue weighted by molar-refractivity contribution is 7.99. The molecule has 21 heavy (non-hydrogen) atoms. The molecule has 0 fully saturated rings. The minimum Gasteiger partial charge on any atom is -0.333 e. The normalized spacial score (nSPS) is 11.2. The first-order chi connectivity index (χ1) is 10.2. The Balaban J connectivity index is 1.96. The smallest absolute Gasteiger partial charge is 0.171 e. The molecule has 2 N–H and O–H groups in total. The number of halogens is 1. The molecule has 3 aromatic rings. The van der Waals surface area contributed by atoms with Crippen molar-refractivity contribution in [3.63, 3.8) is 0 Å². The van der Waals surface area contributed by atoms with Crippen molar-refractivity contribution in [2.75, 3.05) is 7.05 Å². The summed E-state index contributed by atoms with van der Waals surface area (Å²) >= 11 is 7.90. The number of nitrogens with zero attached hydrogens (tertiary/aromatic N) is 1. The van der Waals surface area contributed by atoms with Gasteiger partial charge in [-0.15, -0.1) is 0 Å². The van der Waals surface area contributed by atoms with Gasteiger partial charge in [-0.1, -0.05) is 35.5 Å². The molecule has 0 aliphatic heterocycles. The van der Waals surface area contributed by atoms with Crippen LogP contribution >= 0.6 is 23.4 Å². The topological polar surface area (TPSA) is 40.7 Å². The zero-order chi connectivity index (χ0) is 14.8. The van der Waals surface area contributed by atoms with E-state index in [-0.39, 0.29) is 0 Å². The Hall–Kier alpha value is -1.49. The molecule has 0 radical (unpaired) electrons. The van der Waals surface area contributed by atoms with Crippen molar-refractivity contribution in [2.24, 2.45) is 0 Å². The summed E-state index contributed by atoms with van der Waals surface area (Å²) in [6.07, 6.45) is 0. The van der Waals surface area contributed by atoms with Gasteiger partial charge in [-0.3, -0.25) is 0 Å². The fourth-order valence-electron chi connectivity index (χ4n) is 2.24. The number of hydrogen-bond acceptors (Lipinski definition) is 3. The van der Waals surface area contributed by atoms with Gasteiger partial charge in [-0.2, -0.15) is 0 Å². The van der Waals surface area contributed by atoms with Gasteiger partial charge in [0.25, 0.3) is 0 Å². The van der Waals surface area contributed by atoms with Crippen LogP contribution < -0.4 is 5.32 Å². The maximum Gasteiger partial charge on any atom is 0.171 e. The van der Waals surface area contributed by atoms with Crippen molar-refractivity contribution in [1.29, 1.82) is 0 Å². The van der Waals surface area contributed by atoms with Crippen LogP contribution in [0.3, 0.4) is 0 Å². The number of fused-ring (bicyclic) bond motifs is 1. The van der Waals surface area contributed by atoms with Gasteiger partial charge in [0.1, 0.15) is 0 Å².